The Labute approximate surface area is 98.1 Å². The molecule has 2 heteroatoms. The highest BCUT2D eigenvalue weighted by atomic mass is 15.5. The summed E-state index contributed by atoms with van der Waals surface area (Å²) >= 11 is 0. The average molecular weight is 217 g/mol. The van der Waals surface area contributed by atoms with Crippen LogP contribution < -0.4 is 0 Å². The van der Waals surface area contributed by atoms with Crippen LogP contribution in [0.3, 0.4) is 0 Å². The lowest BCUT2D eigenvalue weighted by Gasteiger charge is -2.57. The zero-order valence-corrected chi connectivity index (χ0v) is 10.3. The number of likely N-dealkylation sites (N-methyl/N-ethyl adjacent to an activating group) is 1. The third-order valence-corrected chi connectivity index (χ3v) is 4.77. The second kappa shape index (κ2) is 3.57. The summed E-state index contributed by atoms with van der Waals surface area (Å²) in [4.78, 5) is 2.67. The van der Waals surface area contributed by atoms with Crippen LogP contribution in [-0.2, 0) is 0 Å². The van der Waals surface area contributed by atoms with Crippen molar-refractivity contribution in [3.8, 4) is 0 Å². The molecule has 2 unspecified atom stereocenters. The highest BCUT2D eigenvalue weighted by molar-refractivity contribution is 5.21. The summed E-state index contributed by atoms with van der Waals surface area (Å²) < 4.78 is 1.26. The molecule has 1 aromatic rings. The molecular formula is C14H21N2+. The van der Waals surface area contributed by atoms with Gasteiger partial charge < -0.3 is 4.48 Å². The quantitative estimate of drug-likeness (QED) is 0.649. The van der Waals surface area contributed by atoms with E-state index in [0.717, 1.165) is 6.04 Å². The molecule has 3 aliphatic heterocycles. The van der Waals surface area contributed by atoms with Gasteiger partial charge in [0.05, 0.1) is 26.2 Å². The summed E-state index contributed by atoms with van der Waals surface area (Å²) in [7, 11) is 2.43. The molecule has 0 saturated carbocycles. The molecule has 3 aliphatic rings. The lowest BCUT2D eigenvalue weighted by molar-refractivity contribution is -0.950. The van der Waals surface area contributed by atoms with Crippen molar-refractivity contribution in [1.29, 1.82) is 0 Å². The van der Waals surface area contributed by atoms with Crippen LogP contribution in [0.1, 0.15) is 18.5 Å². The van der Waals surface area contributed by atoms with Crippen LogP contribution in [0, 0.1) is 0 Å². The zero-order valence-electron chi connectivity index (χ0n) is 10.3. The topological polar surface area (TPSA) is 3.24 Å². The van der Waals surface area contributed by atoms with Crippen LogP contribution in [-0.4, -0.2) is 48.7 Å². The summed E-state index contributed by atoms with van der Waals surface area (Å²) in [5, 5.41) is 0. The number of piperazine rings is 3. The number of benzene rings is 1. The van der Waals surface area contributed by atoms with E-state index in [1.807, 2.05) is 0 Å². The normalized spacial score (nSPS) is 42.2. The first-order valence-electron chi connectivity index (χ1n) is 6.34. The van der Waals surface area contributed by atoms with E-state index in [4.69, 9.17) is 0 Å². The fraction of sp³-hybridized carbons (Fsp3) is 0.571. The third kappa shape index (κ3) is 1.40. The molecule has 2 atom stereocenters. The van der Waals surface area contributed by atoms with E-state index in [-0.39, 0.29) is 0 Å². The Balaban J connectivity index is 1.96. The van der Waals surface area contributed by atoms with E-state index in [1.54, 1.807) is 0 Å². The van der Waals surface area contributed by atoms with E-state index in [1.165, 1.54) is 36.2 Å². The second-order valence-corrected chi connectivity index (χ2v) is 5.56. The lowest BCUT2D eigenvalue weighted by atomic mass is 9.90. The number of rotatable bonds is 1. The fourth-order valence-corrected chi connectivity index (χ4v) is 3.41. The van der Waals surface area contributed by atoms with Crippen molar-refractivity contribution in [2.24, 2.45) is 0 Å². The van der Waals surface area contributed by atoms with Gasteiger partial charge in [-0.15, -0.1) is 0 Å². The van der Waals surface area contributed by atoms with Crippen molar-refractivity contribution in [2.45, 2.75) is 19.0 Å². The number of fused-ring (bicyclic) bond motifs is 3. The van der Waals surface area contributed by atoms with E-state index >= 15 is 0 Å². The van der Waals surface area contributed by atoms with Gasteiger partial charge in [-0.1, -0.05) is 30.3 Å². The Kier molecular flexibility index (Phi) is 2.30. The molecule has 0 spiro atoms. The fourth-order valence-electron chi connectivity index (χ4n) is 3.41. The van der Waals surface area contributed by atoms with Crippen molar-refractivity contribution in [3.63, 3.8) is 0 Å². The first-order valence-corrected chi connectivity index (χ1v) is 6.34. The van der Waals surface area contributed by atoms with Crippen LogP contribution in [0.4, 0.5) is 0 Å². The highest BCUT2D eigenvalue weighted by Gasteiger charge is 2.48. The predicted octanol–water partition coefficient (Wildman–Crippen LogP) is 1.89. The monoisotopic (exact) mass is 217 g/mol. The minimum atomic E-state index is 0.633. The van der Waals surface area contributed by atoms with Crippen LogP contribution in [0.25, 0.3) is 0 Å². The van der Waals surface area contributed by atoms with Crippen LogP contribution >= 0.6 is 0 Å². The van der Waals surface area contributed by atoms with Crippen LogP contribution in [0.15, 0.2) is 30.3 Å². The summed E-state index contributed by atoms with van der Waals surface area (Å²) in [5.74, 6) is 0. The minimum absolute atomic E-state index is 0.633. The highest BCUT2D eigenvalue weighted by Crippen LogP contribution is 2.37. The predicted molar refractivity (Wildman–Crippen MR) is 66.1 cm³/mol. The Morgan fingerprint density at radius 1 is 1.12 bits per heavy atom. The van der Waals surface area contributed by atoms with Gasteiger partial charge in [0.1, 0.15) is 6.04 Å². The molecule has 0 amide bonds. The van der Waals surface area contributed by atoms with Crippen LogP contribution in [0.2, 0.25) is 0 Å². The smallest absolute Gasteiger partial charge is 0.106 e. The van der Waals surface area contributed by atoms with Crippen molar-refractivity contribution < 1.29 is 4.48 Å². The van der Waals surface area contributed by atoms with Crippen molar-refractivity contribution >= 4 is 0 Å². The largest absolute Gasteiger partial charge is 0.320 e. The SMILES string of the molecule is CC1C(c2ccccc2)N2CC[N+]1(C)CC2. The van der Waals surface area contributed by atoms with Crippen molar-refractivity contribution in [1.82, 2.24) is 4.90 Å². The number of hydrogen-bond acceptors (Lipinski definition) is 1. The Bertz CT molecular complexity index is 366. The van der Waals surface area contributed by atoms with Gasteiger partial charge in [0.15, 0.2) is 0 Å². The maximum absolute atomic E-state index is 2.67. The van der Waals surface area contributed by atoms with E-state index in [0.29, 0.717) is 6.04 Å². The molecule has 16 heavy (non-hydrogen) atoms. The van der Waals surface area contributed by atoms with E-state index in [2.05, 4.69) is 49.2 Å². The van der Waals surface area contributed by atoms with Gasteiger partial charge in [-0.05, 0) is 12.5 Å². The first kappa shape index (κ1) is 10.3. The molecule has 0 aliphatic carbocycles. The van der Waals surface area contributed by atoms with Crippen LogP contribution in [0.5, 0.6) is 0 Å². The van der Waals surface area contributed by atoms with Gasteiger partial charge in [-0.2, -0.15) is 0 Å². The summed E-state index contributed by atoms with van der Waals surface area (Å²) in [6.07, 6.45) is 0. The molecule has 4 rings (SSSR count). The molecule has 86 valence electrons. The zero-order chi connectivity index (χ0) is 11.2. The Morgan fingerprint density at radius 3 is 2.38 bits per heavy atom. The minimum Gasteiger partial charge on any atom is -0.320 e. The lowest BCUT2D eigenvalue weighted by Crippen LogP contribution is -2.70. The maximum atomic E-state index is 2.67. The summed E-state index contributed by atoms with van der Waals surface area (Å²) in [5.41, 5.74) is 1.50. The second-order valence-electron chi connectivity index (χ2n) is 5.56. The molecule has 1 aromatic carbocycles. The van der Waals surface area contributed by atoms with Gasteiger partial charge >= 0.3 is 0 Å². The molecule has 0 N–H and O–H groups in total. The van der Waals surface area contributed by atoms with Crippen molar-refractivity contribution in [2.75, 3.05) is 33.2 Å². The van der Waals surface area contributed by atoms with Gasteiger partial charge in [0.25, 0.3) is 0 Å². The van der Waals surface area contributed by atoms with E-state index in [9.17, 15) is 0 Å². The molecular weight excluding hydrogens is 196 g/mol. The molecule has 3 fully saturated rings. The molecule has 2 bridgehead atoms. The average Bonchev–Trinajstić information content (AvgIpc) is 2.32. The Hall–Kier alpha value is -0.860. The standard InChI is InChI=1S/C14H21N2/c1-12-14(13-6-4-3-5-7-13)15-8-10-16(12,2)11-9-15/h3-7,12,14H,8-11H2,1-2H3/q+1. The van der Waals surface area contributed by atoms with Gasteiger partial charge in [0.2, 0.25) is 0 Å². The molecule has 3 heterocycles. The number of quaternary nitrogens is 1. The number of nitrogens with zero attached hydrogens (tertiary/aromatic N) is 2. The Morgan fingerprint density at radius 2 is 1.75 bits per heavy atom. The molecule has 3 saturated heterocycles. The van der Waals surface area contributed by atoms with Gasteiger partial charge in [0, 0.05) is 13.1 Å². The van der Waals surface area contributed by atoms with Gasteiger partial charge in [-0.25, -0.2) is 0 Å². The molecule has 0 radical (unpaired) electrons. The molecule has 0 aromatic heterocycles. The first-order chi connectivity index (χ1) is 7.71. The number of hydrogen-bond donors (Lipinski definition) is 0. The summed E-state index contributed by atoms with van der Waals surface area (Å²) in [6.45, 7) is 7.60. The maximum Gasteiger partial charge on any atom is 0.106 e. The van der Waals surface area contributed by atoms with Crippen molar-refractivity contribution in [3.05, 3.63) is 35.9 Å². The molecule has 2 nitrogen and oxygen atoms in total. The third-order valence-electron chi connectivity index (χ3n) is 4.77. The van der Waals surface area contributed by atoms with E-state index < -0.39 is 0 Å². The van der Waals surface area contributed by atoms with Gasteiger partial charge in [-0.3, -0.25) is 4.90 Å². The summed E-state index contributed by atoms with van der Waals surface area (Å²) in [6, 6.07) is 12.4.